The Balaban J connectivity index is 2.46. The lowest BCUT2D eigenvalue weighted by molar-refractivity contribution is 0.218. The van der Waals surface area contributed by atoms with Crippen LogP contribution in [0.25, 0.3) is 0 Å². The highest BCUT2D eigenvalue weighted by Gasteiger charge is 2.25. The molecular formula is C9H16N2OS. The molecule has 0 aliphatic carbocycles. The molecule has 4 heteroatoms. The van der Waals surface area contributed by atoms with Crippen molar-refractivity contribution in [2.45, 2.75) is 31.6 Å². The zero-order chi connectivity index (χ0) is 9.84. The average Bonchev–Trinajstić information content (AvgIpc) is 2.10. The van der Waals surface area contributed by atoms with E-state index in [0.717, 1.165) is 18.8 Å². The van der Waals surface area contributed by atoms with Gasteiger partial charge in [-0.15, -0.1) is 0 Å². The summed E-state index contributed by atoms with van der Waals surface area (Å²) in [5.74, 6) is 0.761. The fourth-order valence-electron chi connectivity index (χ4n) is 1.57. The molecule has 0 spiro atoms. The molecule has 0 N–H and O–H groups in total. The Morgan fingerprint density at radius 2 is 2.46 bits per heavy atom. The molecule has 0 bridgehead atoms. The van der Waals surface area contributed by atoms with E-state index < -0.39 is 10.8 Å². The monoisotopic (exact) mass is 200 g/mol. The first-order valence-electron chi connectivity index (χ1n) is 4.63. The van der Waals surface area contributed by atoms with Crippen molar-refractivity contribution in [2.75, 3.05) is 18.8 Å². The van der Waals surface area contributed by atoms with Gasteiger partial charge in [-0.25, -0.2) is 0 Å². The first kappa shape index (κ1) is 10.7. The first-order valence-corrected chi connectivity index (χ1v) is 6.01. The molecule has 0 aromatic heterocycles. The summed E-state index contributed by atoms with van der Waals surface area (Å²) in [6, 6.07) is 2.48. The Hall–Kier alpha value is -0.400. The van der Waals surface area contributed by atoms with E-state index in [0.29, 0.717) is 12.5 Å². The van der Waals surface area contributed by atoms with E-state index in [1.807, 2.05) is 6.92 Å². The lowest BCUT2D eigenvalue weighted by atomic mass is 10.2. The van der Waals surface area contributed by atoms with E-state index in [2.05, 4.69) is 17.9 Å². The van der Waals surface area contributed by atoms with Crippen molar-refractivity contribution < 1.29 is 4.21 Å². The Bertz CT molecular complexity index is 236. The normalized spacial score (nSPS) is 32.4. The summed E-state index contributed by atoms with van der Waals surface area (Å²) in [4.78, 5) is 2.26. The smallest absolute Gasteiger partial charge is 0.0638 e. The van der Waals surface area contributed by atoms with Gasteiger partial charge in [0.2, 0.25) is 0 Å². The Labute approximate surface area is 82.2 Å². The molecule has 3 nitrogen and oxygen atoms in total. The predicted octanol–water partition coefficient (Wildman–Crippen LogP) is 0.741. The summed E-state index contributed by atoms with van der Waals surface area (Å²) >= 11 is 0. The van der Waals surface area contributed by atoms with E-state index in [4.69, 9.17) is 5.26 Å². The fourth-order valence-corrected chi connectivity index (χ4v) is 2.75. The maximum atomic E-state index is 11.3. The number of rotatable bonds is 2. The second-order valence-corrected chi connectivity index (χ2v) is 5.58. The molecule has 3 atom stereocenters. The lowest BCUT2D eigenvalue weighted by Crippen LogP contribution is -2.46. The van der Waals surface area contributed by atoms with Crippen molar-refractivity contribution in [1.82, 2.24) is 4.90 Å². The second-order valence-electron chi connectivity index (χ2n) is 3.60. The highest BCUT2D eigenvalue weighted by molar-refractivity contribution is 7.85. The van der Waals surface area contributed by atoms with Gasteiger partial charge in [-0.3, -0.25) is 9.11 Å². The summed E-state index contributed by atoms with van der Waals surface area (Å²) in [5.41, 5.74) is 0. The highest BCUT2D eigenvalue weighted by atomic mass is 32.2. The summed E-state index contributed by atoms with van der Waals surface area (Å²) in [6.07, 6.45) is 0.569. The van der Waals surface area contributed by atoms with E-state index in [9.17, 15) is 4.21 Å². The zero-order valence-corrected chi connectivity index (χ0v) is 9.01. The number of nitriles is 1. The van der Waals surface area contributed by atoms with Gasteiger partial charge in [0.25, 0.3) is 0 Å². The molecule has 13 heavy (non-hydrogen) atoms. The largest absolute Gasteiger partial charge is 0.298 e. The highest BCUT2D eigenvalue weighted by Crippen LogP contribution is 2.12. The van der Waals surface area contributed by atoms with E-state index in [-0.39, 0.29) is 5.25 Å². The third-order valence-electron chi connectivity index (χ3n) is 2.53. The minimum Gasteiger partial charge on any atom is -0.298 e. The number of nitrogens with zero attached hydrogens (tertiary/aromatic N) is 2. The molecule has 1 saturated heterocycles. The van der Waals surface area contributed by atoms with Gasteiger partial charge in [-0.05, 0) is 13.8 Å². The van der Waals surface area contributed by atoms with Gasteiger partial charge < -0.3 is 0 Å². The summed E-state index contributed by atoms with van der Waals surface area (Å²) in [6.45, 7) is 5.82. The van der Waals surface area contributed by atoms with Crippen molar-refractivity contribution in [1.29, 1.82) is 5.26 Å². The summed E-state index contributed by atoms with van der Waals surface area (Å²) in [7, 11) is -0.651. The molecule has 0 aromatic carbocycles. The van der Waals surface area contributed by atoms with Gasteiger partial charge in [0.1, 0.15) is 0 Å². The van der Waals surface area contributed by atoms with Gasteiger partial charge in [0.15, 0.2) is 0 Å². The zero-order valence-electron chi connectivity index (χ0n) is 8.19. The average molecular weight is 200 g/mol. The van der Waals surface area contributed by atoms with Crippen LogP contribution in [0, 0.1) is 11.3 Å². The maximum absolute atomic E-state index is 11.3. The van der Waals surface area contributed by atoms with Crippen LogP contribution in [0.15, 0.2) is 0 Å². The number of hydrogen-bond acceptors (Lipinski definition) is 3. The molecule has 0 amide bonds. The molecule has 1 fully saturated rings. The molecule has 1 aliphatic heterocycles. The Morgan fingerprint density at radius 3 is 3.00 bits per heavy atom. The van der Waals surface area contributed by atoms with Gasteiger partial charge in [-0.2, -0.15) is 5.26 Å². The van der Waals surface area contributed by atoms with Crippen molar-refractivity contribution in [3.05, 3.63) is 0 Å². The van der Waals surface area contributed by atoms with Crippen molar-refractivity contribution in [2.24, 2.45) is 0 Å². The molecule has 1 rings (SSSR count). The third kappa shape index (κ3) is 2.78. The van der Waals surface area contributed by atoms with Gasteiger partial charge in [0, 0.05) is 40.9 Å². The fraction of sp³-hybridized carbons (Fsp3) is 0.889. The van der Waals surface area contributed by atoms with Crippen LogP contribution in [0.3, 0.4) is 0 Å². The van der Waals surface area contributed by atoms with Crippen molar-refractivity contribution in [3.63, 3.8) is 0 Å². The Morgan fingerprint density at radius 1 is 1.77 bits per heavy atom. The maximum Gasteiger partial charge on any atom is 0.0638 e. The lowest BCUT2D eigenvalue weighted by Gasteiger charge is -2.34. The predicted molar refractivity (Wildman–Crippen MR) is 53.7 cm³/mol. The molecule has 3 unspecified atom stereocenters. The van der Waals surface area contributed by atoms with Crippen LogP contribution >= 0.6 is 0 Å². The van der Waals surface area contributed by atoms with E-state index >= 15 is 0 Å². The topological polar surface area (TPSA) is 44.1 Å². The van der Waals surface area contributed by atoms with Crippen molar-refractivity contribution >= 4 is 10.8 Å². The van der Waals surface area contributed by atoms with Crippen LogP contribution in [0.1, 0.15) is 20.3 Å². The van der Waals surface area contributed by atoms with Gasteiger partial charge >= 0.3 is 0 Å². The van der Waals surface area contributed by atoms with Crippen LogP contribution in [-0.2, 0) is 10.8 Å². The SMILES string of the molecule is CC(CC#N)N1CCS(=O)C(C)C1. The minimum absolute atomic E-state index is 0.259. The molecule has 74 valence electrons. The second kappa shape index (κ2) is 4.73. The summed E-state index contributed by atoms with van der Waals surface area (Å²) < 4.78 is 11.3. The minimum atomic E-state index is -0.651. The molecule has 0 radical (unpaired) electrons. The van der Waals surface area contributed by atoms with Crippen LogP contribution in [0.2, 0.25) is 0 Å². The quantitative estimate of drug-likeness (QED) is 0.660. The molecule has 0 saturated carbocycles. The standard InChI is InChI=1S/C9H16N2OS/c1-8(3-4-10)11-5-6-13(12)9(2)7-11/h8-9H,3,5-7H2,1-2H3. The molecule has 0 aromatic rings. The first-order chi connectivity index (χ1) is 6.15. The van der Waals surface area contributed by atoms with E-state index in [1.54, 1.807) is 0 Å². The molecule has 1 aliphatic rings. The van der Waals surface area contributed by atoms with Crippen LogP contribution in [0.4, 0.5) is 0 Å². The third-order valence-corrected chi connectivity index (χ3v) is 4.16. The molecular weight excluding hydrogens is 184 g/mol. The molecule has 1 heterocycles. The number of hydrogen-bond donors (Lipinski definition) is 0. The van der Waals surface area contributed by atoms with E-state index in [1.165, 1.54) is 0 Å². The van der Waals surface area contributed by atoms with Crippen molar-refractivity contribution in [3.8, 4) is 6.07 Å². The van der Waals surface area contributed by atoms with Crippen LogP contribution in [0.5, 0.6) is 0 Å². The summed E-state index contributed by atoms with van der Waals surface area (Å²) in [5, 5.41) is 8.81. The van der Waals surface area contributed by atoms with Crippen LogP contribution in [-0.4, -0.2) is 39.2 Å². The van der Waals surface area contributed by atoms with Crippen LogP contribution < -0.4 is 0 Å². The van der Waals surface area contributed by atoms with Gasteiger partial charge in [0.05, 0.1) is 12.5 Å². The van der Waals surface area contributed by atoms with Gasteiger partial charge in [-0.1, -0.05) is 0 Å². The Kier molecular flexibility index (Phi) is 3.89.